The smallest absolute Gasteiger partial charge is 0.133 e. The Morgan fingerprint density at radius 1 is 1.00 bits per heavy atom. The maximum atomic E-state index is 5.73. The van der Waals surface area contributed by atoms with Gasteiger partial charge in [-0.2, -0.15) is 0 Å². The van der Waals surface area contributed by atoms with Crippen LogP contribution in [0.3, 0.4) is 0 Å². The Bertz CT molecular complexity index is 442. The number of aromatic nitrogens is 4. The second-order valence-corrected chi connectivity index (χ2v) is 3.13. The molecule has 0 spiro atoms. The molecule has 0 aromatic carbocycles. The number of hydrogen-bond acceptors (Lipinski definition) is 4. The molecule has 0 bridgehead atoms. The highest BCUT2D eigenvalue weighted by Crippen LogP contribution is 2.16. The summed E-state index contributed by atoms with van der Waals surface area (Å²) in [5, 5.41) is 0.413. The van der Waals surface area contributed by atoms with E-state index in [4.69, 9.17) is 11.6 Å². The highest BCUT2D eigenvalue weighted by atomic mass is 35.5. The van der Waals surface area contributed by atoms with Crippen LogP contribution in [-0.2, 0) is 0 Å². The van der Waals surface area contributed by atoms with Gasteiger partial charge in [0.15, 0.2) is 0 Å². The highest BCUT2D eigenvalue weighted by molar-refractivity contribution is 6.29. The average Bonchev–Trinajstić information content (AvgIpc) is 2.32. The topological polar surface area (TPSA) is 51.6 Å². The van der Waals surface area contributed by atoms with E-state index in [9.17, 15) is 0 Å². The number of rotatable bonds is 1. The molecule has 0 radical (unpaired) electrons. The molecule has 0 fully saturated rings. The van der Waals surface area contributed by atoms with E-state index in [-0.39, 0.29) is 0 Å². The van der Waals surface area contributed by atoms with Crippen LogP contribution in [0.15, 0.2) is 24.8 Å². The lowest BCUT2D eigenvalue weighted by Gasteiger charge is -1.99. The molecule has 2 rings (SSSR count). The van der Waals surface area contributed by atoms with E-state index in [1.165, 1.54) is 6.33 Å². The minimum atomic E-state index is 0.413. The van der Waals surface area contributed by atoms with Crippen molar-refractivity contribution >= 4 is 11.6 Å². The van der Waals surface area contributed by atoms with Crippen molar-refractivity contribution in [2.75, 3.05) is 0 Å². The molecule has 0 unspecified atom stereocenters. The summed E-state index contributed by atoms with van der Waals surface area (Å²) in [6.45, 7) is 5.83. The molecule has 0 aliphatic heterocycles. The van der Waals surface area contributed by atoms with Crippen LogP contribution in [0.2, 0.25) is 5.15 Å². The monoisotopic (exact) mass is 236 g/mol. The van der Waals surface area contributed by atoms with Crippen molar-refractivity contribution in [1.82, 2.24) is 19.9 Å². The summed E-state index contributed by atoms with van der Waals surface area (Å²) in [5.41, 5.74) is 1.56. The molecule has 0 aliphatic carbocycles. The van der Waals surface area contributed by atoms with Gasteiger partial charge in [-0.1, -0.05) is 25.4 Å². The van der Waals surface area contributed by atoms with Gasteiger partial charge in [-0.25, -0.2) is 19.9 Å². The number of aryl methyl sites for hydroxylation is 1. The van der Waals surface area contributed by atoms with Gasteiger partial charge in [-0.15, -0.1) is 0 Å². The van der Waals surface area contributed by atoms with E-state index in [1.54, 1.807) is 18.5 Å². The van der Waals surface area contributed by atoms with Crippen molar-refractivity contribution in [3.63, 3.8) is 0 Å². The molecule has 5 heteroatoms. The van der Waals surface area contributed by atoms with E-state index >= 15 is 0 Å². The number of nitrogens with zero attached hydrogens (tertiary/aromatic N) is 4. The zero-order valence-corrected chi connectivity index (χ0v) is 10.2. The number of halogens is 1. The Kier molecular flexibility index (Phi) is 4.79. The van der Waals surface area contributed by atoms with Crippen LogP contribution < -0.4 is 0 Å². The molecule has 2 heterocycles. The summed E-state index contributed by atoms with van der Waals surface area (Å²) >= 11 is 5.73. The first-order valence-corrected chi connectivity index (χ1v) is 5.40. The zero-order chi connectivity index (χ0) is 12.0. The SMILES string of the molecule is CC.Cc1ncc(-c2cc(Cl)ncn2)cn1. The van der Waals surface area contributed by atoms with E-state index < -0.39 is 0 Å². The van der Waals surface area contributed by atoms with Crippen LogP contribution in [-0.4, -0.2) is 19.9 Å². The molecule has 0 saturated heterocycles. The molecule has 0 atom stereocenters. The molecule has 84 valence electrons. The molecule has 0 aliphatic rings. The van der Waals surface area contributed by atoms with Gasteiger partial charge >= 0.3 is 0 Å². The van der Waals surface area contributed by atoms with Gasteiger partial charge in [-0.3, -0.25) is 0 Å². The number of hydrogen-bond donors (Lipinski definition) is 0. The summed E-state index contributed by atoms with van der Waals surface area (Å²) in [4.78, 5) is 16.0. The second-order valence-electron chi connectivity index (χ2n) is 2.74. The van der Waals surface area contributed by atoms with Gasteiger partial charge in [0, 0.05) is 24.0 Å². The van der Waals surface area contributed by atoms with Gasteiger partial charge in [0.1, 0.15) is 17.3 Å². The van der Waals surface area contributed by atoms with Crippen LogP contribution in [0, 0.1) is 6.92 Å². The summed E-state index contributed by atoms with van der Waals surface area (Å²) in [6.07, 6.45) is 4.83. The van der Waals surface area contributed by atoms with Crippen molar-refractivity contribution in [3.8, 4) is 11.3 Å². The molecular weight excluding hydrogens is 224 g/mol. The van der Waals surface area contributed by atoms with E-state index in [2.05, 4.69) is 19.9 Å². The minimum Gasteiger partial charge on any atom is -0.241 e. The Hall–Kier alpha value is -1.55. The van der Waals surface area contributed by atoms with Gasteiger partial charge in [0.25, 0.3) is 0 Å². The van der Waals surface area contributed by atoms with Crippen LogP contribution in [0.1, 0.15) is 19.7 Å². The fraction of sp³-hybridized carbons (Fsp3) is 0.273. The van der Waals surface area contributed by atoms with Crippen LogP contribution in [0.5, 0.6) is 0 Å². The van der Waals surface area contributed by atoms with Crippen molar-refractivity contribution < 1.29 is 0 Å². The fourth-order valence-electron chi connectivity index (χ4n) is 1.02. The lowest BCUT2D eigenvalue weighted by atomic mass is 10.2. The second kappa shape index (κ2) is 6.12. The molecule has 2 aromatic heterocycles. The average molecular weight is 237 g/mol. The van der Waals surface area contributed by atoms with Gasteiger partial charge in [0.05, 0.1) is 5.69 Å². The predicted molar refractivity (Wildman–Crippen MR) is 64.2 cm³/mol. The molecule has 0 saturated carbocycles. The van der Waals surface area contributed by atoms with E-state index in [0.717, 1.165) is 17.1 Å². The third kappa shape index (κ3) is 3.24. The summed E-state index contributed by atoms with van der Waals surface area (Å²) < 4.78 is 0. The first-order chi connectivity index (χ1) is 7.75. The van der Waals surface area contributed by atoms with Gasteiger partial charge < -0.3 is 0 Å². The van der Waals surface area contributed by atoms with Crippen molar-refractivity contribution in [3.05, 3.63) is 35.8 Å². The zero-order valence-electron chi connectivity index (χ0n) is 9.48. The van der Waals surface area contributed by atoms with E-state index in [1.807, 2.05) is 20.8 Å². The van der Waals surface area contributed by atoms with Crippen molar-refractivity contribution in [1.29, 1.82) is 0 Å². The molecule has 16 heavy (non-hydrogen) atoms. The van der Waals surface area contributed by atoms with Crippen LogP contribution in [0.4, 0.5) is 0 Å². The Balaban J connectivity index is 0.000000606. The fourth-order valence-corrected chi connectivity index (χ4v) is 1.16. The van der Waals surface area contributed by atoms with E-state index in [0.29, 0.717) is 5.15 Å². The largest absolute Gasteiger partial charge is 0.241 e. The van der Waals surface area contributed by atoms with Gasteiger partial charge in [0.2, 0.25) is 0 Å². The quantitative estimate of drug-likeness (QED) is 0.715. The summed E-state index contributed by atoms with van der Waals surface area (Å²) in [6, 6.07) is 1.68. The molecular formula is C11H13ClN4. The first-order valence-electron chi connectivity index (χ1n) is 5.02. The third-order valence-electron chi connectivity index (χ3n) is 1.71. The third-order valence-corrected chi connectivity index (χ3v) is 1.92. The van der Waals surface area contributed by atoms with Gasteiger partial charge in [-0.05, 0) is 6.92 Å². The molecule has 2 aromatic rings. The first kappa shape index (κ1) is 12.5. The van der Waals surface area contributed by atoms with Crippen LogP contribution in [0.25, 0.3) is 11.3 Å². The molecule has 0 amide bonds. The Labute approximate surface area is 99.8 Å². The molecule has 4 nitrogen and oxygen atoms in total. The summed E-state index contributed by atoms with van der Waals surface area (Å²) in [5.74, 6) is 0.730. The highest BCUT2D eigenvalue weighted by Gasteiger charge is 2.01. The molecule has 0 N–H and O–H groups in total. The maximum Gasteiger partial charge on any atom is 0.133 e. The predicted octanol–water partition coefficient (Wildman–Crippen LogP) is 2.92. The lowest BCUT2D eigenvalue weighted by molar-refractivity contribution is 1.05. The van der Waals surface area contributed by atoms with Crippen LogP contribution >= 0.6 is 11.6 Å². The Morgan fingerprint density at radius 3 is 2.19 bits per heavy atom. The lowest BCUT2D eigenvalue weighted by Crippen LogP contribution is -1.90. The van der Waals surface area contributed by atoms with Crippen molar-refractivity contribution in [2.45, 2.75) is 20.8 Å². The summed E-state index contributed by atoms with van der Waals surface area (Å²) in [7, 11) is 0. The maximum absolute atomic E-state index is 5.73. The standard InChI is InChI=1S/C9H7ClN4.C2H6/c1-6-11-3-7(4-12-6)8-2-9(10)14-5-13-8;1-2/h2-5H,1H3;1-2H3. The normalized spacial score (nSPS) is 9.25. The Morgan fingerprint density at radius 2 is 1.62 bits per heavy atom. The minimum absolute atomic E-state index is 0.413. The van der Waals surface area contributed by atoms with Crippen molar-refractivity contribution in [2.24, 2.45) is 0 Å².